The van der Waals surface area contributed by atoms with Gasteiger partial charge < -0.3 is 9.15 Å². The van der Waals surface area contributed by atoms with E-state index in [0.29, 0.717) is 36.9 Å². The quantitative estimate of drug-likeness (QED) is 0.0996. The molecule has 0 aliphatic heterocycles. The highest BCUT2D eigenvalue weighted by Gasteiger charge is 2.22. The van der Waals surface area contributed by atoms with Gasteiger partial charge >= 0.3 is 5.69 Å². The molecule has 0 aliphatic rings. The number of furan rings is 1. The van der Waals surface area contributed by atoms with Gasteiger partial charge in [-0.15, -0.1) is 0 Å². The SMILES string of the molecule is O=c1c2ccccc2nc(-c2cc3cc(Cl)ccc3o2)n1N=Cc1cc(Br)cc([N+](=O)[O-])c1OCc1cccc(F)c1. The molecule has 0 unspecified atom stereocenters. The molecule has 0 saturated heterocycles. The van der Waals surface area contributed by atoms with Crippen LogP contribution in [0.25, 0.3) is 33.5 Å². The van der Waals surface area contributed by atoms with Gasteiger partial charge in [0.05, 0.1) is 22.0 Å². The first kappa shape index (κ1) is 27.3. The Morgan fingerprint density at radius 2 is 1.93 bits per heavy atom. The van der Waals surface area contributed by atoms with Crippen molar-refractivity contribution in [2.24, 2.45) is 5.10 Å². The van der Waals surface area contributed by atoms with Crippen molar-refractivity contribution in [2.75, 3.05) is 0 Å². The predicted octanol–water partition coefficient (Wildman–Crippen LogP) is 7.73. The molecule has 0 fully saturated rings. The second-order valence-corrected chi connectivity index (χ2v) is 10.5. The van der Waals surface area contributed by atoms with Crippen molar-refractivity contribution in [1.82, 2.24) is 9.66 Å². The third kappa shape index (κ3) is 5.39. The average Bonchev–Trinajstić information content (AvgIpc) is 3.39. The summed E-state index contributed by atoms with van der Waals surface area (Å²) >= 11 is 9.44. The number of benzene rings is 4. The lowest BCUT2D eigenvalue weighted by molar-refractivity contribution is -0.386. The number of hydrogen-bond acceptors (Lipinski definition) is 7. The van der Waals surface area contributed by atoms with Gasteiger partial charge in [0.25, 0.3) is 5.56 Å². The Kier molecular flexibility index (Phi) is 7.27. The van der Waals surface area contributed by atoms with E-state index in [2.05, 4.69) is 26.0 Å². The number of ether oxygens (including phenoxy) is 1. The van der Waals surface area contributed by atoms with Gasteiger partial charge in [0.15, 0.2) is 5.76 Å². The van der Waals surface area contributed by atoms with Crippen LogP contribution >= 0.6 is 27.5 Å². The van der Waals surface area contributed by atoms with Gasteiger partial charge in [-0.05, 0) is 60.2 Å². The molecule has 0 N–H and O–H groups in total. The Labute approximate surface area is 249 Å². The molecule has 0 spiro atoms. The van der Waals surface area contributed by atoms with Gasteiger partial charge in [-0.2, -0.15) is 9.78 Å². The number of nitro benzene ring substituents is 1. The third-order valence-electron chi connectivity index (χ3n) is 6.30. The largest absolute Gasteiger partial charge is 0.481 e. The van der Waals surface area contributed by atoms with E-state index < -0.39 is 16.3 Å². The molecule has 208 valence electrons. The van der Waals surface area contributed by atoms with Crippen LogP contribution in [0.5, 0.6) is 5.75 Å². The monoisotopic (exact) mass is 646 g/mol. The highest BCUT2D eigenvalue weighted by molar-refractivity contribution is 9.10. The Hall–Kier alpha value is -4.87. The maximum Gasteiger partial charge on any atom is 0.312 e. The van der Waals surface area contributed by atoms with Crippen molar-refractivity contribution in [3.63, 3.8) is 0 Å². The normalized spacial score (nSPS) is 11.5. The van der Waals surface area contributed by atoms with Crippen molar-refractivity contribution in [3.05, 3.63) is 132 Å². The summed E-state index contributed by atoms with van der Waals surface area (Å²) in [5.41, 5.74) is 0.785. The van der Waals surface area contributed by atoms with Crippen LogP contribution in [0.15, 0.2) is 104 Å². The van der Waals surface area contributed by atoms with E-state index in [9.17, 15) is 19.3 Å². The highest BCUT2D eigenvalue weighted by Crippen LogP contribution is 2.35. The summed E-state index contributed by atoms with van der Waals surface area (Å²) < 4.78 is 27.0. The highest BCUT2D eigenvalue weighted by atomic mass is 79.9. The summed E-state index contributed by atoms with van der Waals surface area (Å²) in [5, 5.41) is 17.9. The van der Waals surface area contributed by atoms with Gasteiger partial charge in [-0.25, -0.2) is 9.37 Å². The number of nitro groups is 1. The van der Waals surface area contributed by atoms with Gasteiger partial charge in [0.2, 0.25) is 11.6 Å². The Balaban J connectivity index is 1.50. The van der Waals surface area contributed by atoms with E-state index in [1.54, 1.807) is 60.7 Å². The van der Waals surface area contributed by atoms with E-state index in [1.807, 2.05) is 0 Å². The molecule has 0 bridgehead atoms. The van der Waals surface area contributed by atoms with Crippen LogP contribution in [-0.4, -0.2) is 20.8 Å². The lowest BCUT2D eigenvalue weighted by Gasteiger charge is -2.11. The molecular formula is C30H17BrClFN4O5. The zero-order chi connectivity index (χ0) is 29.4. The predicted molar refractivity (Wildman–Crippen MR) is 161 cm³/mol. The van der Waals surface area contributed by atoms with Crippen LogP contribution in [0.1, 0.15) is 11.1 Å². The number of fused-ring (bicyclic) bond motifs is 2. The molecule has 2 heterocycles. The molecule has 0 amide bonds. The minimum absolute atomic E-state index is 0.106. The molecule has 0 aliphatic carbocycles. The zero-order valence-corrected chi connectivity index (χ0v) is 23.7. The van der Waals surface area contributed by atoms with E-state index >= 15 is 0 Å². The number of para-hydroxylation sites is 1. The van der Waals surface area contributed by atoms with Crippen LogP contribution in [-0.2, 0) is 6.61 Å². The molecule has 0 saturated carbocycles. The number of nitrogens with zero attached hydrogens (tertiary/aromatic N) is 4. The summed E-state index contributed by atoms with van der Waals surface area (Å²) in [6, 6.07) is 22.1. The Morgan fingerprint density at radius 1 is 1.10 bits per heavy atom. The van der Waals surface area contributed by atoms with Crippen LogP contribution in [0.2, 0.25) is 5.02 Å². The minimum Gasteiger partial charge on any atom is -0.481 e. The summed E-state index contributed by atoms with van der Waals surface area (Å²) in [7, 11) is 0. The van der Waals surface area contributed by atoms with Crippen molar-refractivity contribution in [1.29, 1.82) is 0 Å². The summed E-state index contributed by atoms with van der Waals surface area (Å²) in [5.74, 6) is -0.214. The van der Waals surface area contributed by atoms with Crippen LogP contribution in [0.3, 0.4) is 0 Å². The molecule has 4 aromatic carbocycles. The lowest BCUT2D eigenvalue weighted by Crippen LogP contribution is -2.20. The summed E-state index contributed by atoms with van der Waals surface area (Å²) in [4.78, 5) is 29.6. The van der Waals surface area contributed by atoms with E-state index in [-0.39, 0.29) is 35.2 Å². The first-order valence-electron chi connectivity index (χ1n) is 12.4. The fourth-order valence-corrected chi connectivity index (χ4v) is 5.05. The smallest absolute Gasteiger partial charge is 0.312 e. The minimum atomic E-state index is -0.599. The van der Waals surface area contributed by atoms with Crippen LogP contribution in [0, 0.1) is 15.9 Å². The number of aromatic nitrogens is 2. The standard InChI is InChI=1S/C30H17BrClFN4O5/c31-20-11-19(28(25(14-20)37(39)40)41-16-17-4-3-5-22(33)10-17)15-34-36-29(35-24-7-2-1-6-23(24)30(36)38)27-13-18-12-21(32)8-9-26(18)42-27/h1-15H,16H2. The van der Waals surface area contributed by atoms with Gasteiger partial charge in [0, 0.05) is 26.5 Å². The van der Waals surface area contributed by atoms with Crippen molar-refractivity contribution < 1.29 is 18.5 Å². The number of hydrogen-bond donors (Lipinski definition) is 0. The Morgan fingerprint density at radius 3 is 2.74 bits per heavy atom. The van der Waals surface area contributed by atoms with Gasteiger partial charge in [-0.3, -0.25) is 14.9 Å². The molecule has 12 heteroatoms. The van der Waals surface area contributed by atoms with E-state index in [0.717, 1.165) is 4.68 Å². The molecule has 42 heavy (non-hydrogen) atoms. The summed E-state index contributed by atoms with van der Waals surface area (Å²) in [6.45, 7) is -0.147. The number of rotatable bonds is 7. The van der Waals surface area contributed by atoms with Gasteiger partial charge in [-0.1, -0.05) is 51.8 Å². The zero-order valence-electron chi connectivity index (χ0n) is 21.3. The Bertz CT molecular complexity index is 2110. The lowest BCUT2D eigenvalue weighted by atomic mass is 10.2. The first-order valence-corrected chi connectivity index (χ1v) is 13.5. The maximum absolute atomic E-state index is 13.7. The fraction of sp³-hybridized carbons (Fsp3) is 0.0333. The fourth-order valence-electron chi connectivity index (χ4n) is 4.41. The van der Waals surface area contributed by atoms with Gasteiger partial charge in [0.1, 0.15) is 18.0 Å². The third-order valence-corrected chi connectivity index (χ3v) is 6.99. The van der Waals surface area contributed by atoms with Crippen molar-refractivity contribution in [2.45, 2.75) is 6.61 Å². The van der Waals surface area contributed by atoms with Crippen molar-refractivity contribution >= 4 is 61.3 Å². The second kappa shape index (κ2) is 11.2. The maximum atomic E-state index is 13.7. The molecule has 6 rings (SSSR count). The molecular weight excluding hydrogens is 631 g/mol. The van der Waals surface area contributed by atoms with E-state index in [1.165, 1.54) is 30.5 Å². The number of halogens is 3. The molecule has 9 nitrogen and oxygen atoms in total. The van der Waals surface area contributed by atoms with Crippen LogP contribution in [0.4, 0.5) is 10.1 Å². The summed E-state index contributed by atoms with van der Waals surface area (Å²) in [6.07, 6.45) is 1.26. The topological polar surface area (TPSA) is 113 Å². The van der Waals surface area contributed by atoms with Crippen molar-refractivity contribution in [3.8, 4) is 17.3 Å². The molecule has 0 radical (unpaired) electrons. The first-order chi connectivity index (χ1) is 20.3. The molecule has 0 atom stereocenters. The molecule has 6 aromatic rings. The second-order valence-electron chi connectivity index (χ2n) is 9.13. The van der Waals surface area contributed by atoms with E-state index in [4.69, 9.17) is 20.8 Å². The average molecular weight is 648 g/mol. The molecule has 2 aromatic heterocycles. The van der Waals surface area contributed by atoms with Crippen LogP contribution < -0.4 is 10.3 Å².